The molecule has 5 nitrogen and oxygen atoms in total. The monoisotopic (exact) mass is 291 g/mol. The number of amides is 1. The van der Waals surface area contributed by atoms with E-state index in [1.54, 1.807) is 6.20 Å². The van der Waals surface area contributed by atoms with Gasteiger partial charge in [0.25, 0.3) is 0 Å². The van der Waals surface area contributed by atoms with Crippen LogP contribution in [0.4, 0.5) is 10.5 Å². The number of ether oxygens (including phenoxy) is 1. The van der Waals surface area contributed by atoms with E-state index in [2.05, 4.69) is 10.3 Å². The normalized spacial score (nSPS) is 18.7. The Labute approximate surface area is 126 Å². The van der Waals surface area contributed by atoms with Gasteiger partial charge in [0.15, 0.2) is 0 Å². The fraction of sp³-hybridized carbons (Fsp3) is 0.625. The van der Waals surface area contributed by atoms with E-state index in [9.17, 15) is 4.79 Å². The highest BCUT2D eigenvalue weighted by Crippen LogP contribution is 2.21. The Bertz CT molecular complexity index is 497. The van der Waals surface area contributed by atoms with Gasteiger partial charge in [0, 0.05) is 19.3 Å². The third-order valence-electron chi connectivity index (χ3n) is 3.54. The second kappa shape index (κ2) is 6.33. The summed E-state index contributed by atoms with van der Waals surface area (Å²) in [6.45, 7) is 9.16. The number of rotatable bonds is 3. The number of anilines is 1. The minimum Gasteiger partial charge on any atom is -0.444 e. The number of likely N-dealkylation sites (tertiary alicyclic amines) is 1. The summed E-state index contributed by atoms with van der Waals surface area (Å²) in [6, 6.07) is 4.10. The van der Waals surface area contributed by atoms with Crippen molar-refractivity contribution >= 4 is 11.8 Å². The maximum atomic E-state index is 12.2. The van der Waals surface area contributed by atoms with Crippen LogP contribution in [0.25, 0.3) is 0 Å². The van der Waals surface area contributed by atoms with E-state index in [0.29, 0.717) is 0 Å². The molecule has 1 aliphatic heterocycles. The summed E-state index contributed by atoms with van der Waals surface area (Å²) in [6.07, 6.45) is 3.60. The first-order chi connectivity index (χ1) is 9.87. The Morgan fingerprint density at radius 3 is 2.95 bits per heavy atom. The number of nitrogens with zero attached hydrogens (tertiary/aromatic N) is 2. The molecule has 1 amide bonds. The third kappa shape index (κ3) is 4.34. The second-order valence-corrected chi connectivity index (χ2v) is 6.49. The molecule has 2 rings (SSSR count). The molecule has 0 bridgehead atoms. The van der Waals surface area contributed by atoms with Crippen molar-refractivity contribution in [1.82, 2.24) is 9.88 Å². The molecule has 116 valence electrons. The van der Waals surface area contributed by atoms with Crippen LogP contribution in [0.1, 0.15) is 39.3 Å². The Kier molecular flexibility index (Phi) is 4.70. The van der Waals surface area contributed by atoms with Gasteiger partial charge in [0.1, 0.15) is 5.60 Å². The zero-order valence-electron chi connectivity index (χ0n) is 13.3. The lowest BCUT2D eigenvalue weighted by molar-refractivity contribution is 0.0235. The Hall–Kier alpha value is -1.78. The zero-order valence-corrected chi connectivity index (χ0v) is 13.3. The van der Waals surface area contributed by atoms with Crippen molar-refractivity contribution in [2.24, 2.45) is 0 Å². The maximum absolute atomic E-state index is 12.2. The highest BCUT2D eigenvalue weighted by Gasteiger charge is 2.31. The summed E-state index contributed by atoms with van der Waals surface area (Å²) < 4.78 is 5.47. The number of nitrogens with one attached hydrogen (secondary N) is 1. The van der Waals surface area contributed by atoms with Crippen LogP contribution in [0.15, 0.2) is 18.3 Å². The molecule has 1 aliphatic rings. The van der Waals surface area contributed by atoms with E-state index in [-0.39, 0.29) is 12.1 Å². The highest BCUT2D eigenvalue weighted by atomic mass is 16.6. The number of carbonyl (C=O) groups is 1. The fourth-order valence-corrected chi connectivity index (χ4v) is 2.51. The van der Waals surface area contributed by atoms with Gasteiger partial charge in [-0.2, -0.15) is 0 Å². The van der Waals surface area contributed by atoms with E-state index in [1.165, 1.54) is 0 Å². The van der Waals surface area contributed by atoms with Gasteiger partial charge < -0.3 is 15.0 Å². The summed E-state index contributed by atoms with van der Waals surface area (Å²) in [5.74, 6) is 0. The van der Waals surface area contributed by atoms with Gasteiger partial charge in [0.05, 0.1) is 17.4 Å². The molecule has 21 heavy (non-hydrogen) atoms. The summed E-state index contributed by atoms with van der Waals surface area (Å²) in [7, 11) is 0. The molecule has 1 atom stereocenters. The van der Waals surface area contributed by atoms with Gasteiger partial charge in [-0.1, -0.05) is 0 Å². The largest absolute Gasteiger partial charge is 0.444 e. The molecule has 0 aromatic carbocycles. The SMILES string of the molecule is Cc1ncccc1NCC1CCCN1C(=O)OC(C)(C)C. The lowest BCUT2D eigenvalue weighted by atomic mass is 10.2. The summed E-state index contributed by atoms with van der Waals surface area (Å²) >= 11 is 0. The van der Waals surface area contributed by atoms with Gasteiger partial charge in [-0.25, -0.2) is 4.79 Å². The molecular formula is C16H25N3O2. The third-order valence-corrected chi connectivity index (χ3v) is 3.54. The summed E-state index contributed by atoms with van der Waals surface area (Å²) in [5, 5.41) is 3.39. The van der Waals surface area contributed by atoms with Crippen LogP contribution in [-0.4, -0.2) is 40.7 Å². The molecule has 1 aromatic heterocycles. The highest BCUT2D eigenvalue weighted by molar-refractivity contribution is 5.69. The topological polar surface area (TPSA) is 54.5 Å². The second-order valence-electron chi connectivity index (χ2n) is 6.49. The molecule has 2 heterocycles. The zero-order chi connectivity index (χ0) is 15.5. The molecule has 1 N–H and O–H groups in total. The standard InChI is InChI=1S/C16H25N3O2/c1-12-14(8-5-9-17-12)18-11-13-7-6-10-19(13)15(20)21-16(2,3)4/h5,8-9,13,18H,6-7,10-11H2,1-4H3. The van der Waals surface area contributed by atoms with Crippen molar-refractivity contribution in [1.29, 1.82) is 0 Å². The van der Waals surface area contributed by atoms with Crippen LogP contribution in [0, 0.1) is 6.92 Å². The molecule has 0 saturated carbocycles. The van der Waals surface area contributed by atoms with Crippen molar-refractivity contribution in [3.05, 3.63) is 24.0 Å². The van der Waals surface area contributed by atoms with Crippen molar-refractivity contribution in [3.63, 3.8) is 0 Å². The van der Waals surface area contributed by atoms with E-state index >= 15 is 0 Å². The number of hydrogen-bond acceptors (Lipinski definition) is 4. The molecule has 1 unspecified atom stereocenters. The van der Waals surface area contributed by atoms with Crippen molar-refractivity contribution in [3.8, 4) is 0 Å². The molecule has 0 aliphatic carbocycles. The van der Waals surface area contributed by atoms with Crippen LogP contribution in [0.3, 0.4) is 0 Å². The number of carbonyl (C=O) groups excluding carboxylic acids is 1. The Morgan fingerprint density at radius 1 is 1.52 bits per heavy atom. The van der Waals surface area contributed by atoms with Crippen LogP contribution in [0.5, 0.6) is 0 Å². The molecule has 0 radical (unpaired) electrons. The van der Waals surface area contributed by atoms with Gasteiger partial charge in [0.2, 0.25) is 0 Å². The molecular weight excluding hydrogens is 266 g/mol. The quantitative estimate of drug-likeness (QED) is 0.929. The van der Waals surface area contributed by atoms with Crippen LogP contribution in [-0.2, 0) is 4.74 Å². The minimum absolute atomic E-state index is 0.180. The predicted octanol–water partition coefficient (Wildman–Crippen LogP) is 3.20. The van der Waals surface area contributed by atoms with Crippen molar-refractivity contribution in [2.45, 2.75) is 52.2 Å². The predicted molar refractivity (Wildman–Crippen MR) is 83.4 cm³/mol. The maximum Gasteiger partial charge on any atom is 0.410 e. The Balaban J connectivity index is 1.93. The number of pyridine rings is 1. The van der Waals surface area contributed by atoms with Gasteiger partial charge in [-0.3, -0.25) is 4.98 Å². The van der Waals surface area contributed by atoms with Crippen molar-refractivity contribution < 1.29 is 9.53 Å². The van der Waals surface area contributed by atoms with Gasteiger partial charge >= 0.3 is 6.09 Å². The lowest BCUT2D eigenvalue weighted by Gasteiger charge is -2.29. The molecule has 0 spiro atoms. The average Bonchev–Trinajstić information content (AvgIpc) is 2.84. The number of aryl methyl sites for hydroxylation is 1. The minimum atomic E-state index is -0.447. The molecule has 1 aromatic rings. The van der Waals surface area contributed by atoms with Gasteiger partial charge in [-0.05, 0) is 52.7 Å². The number of aromatic nitrogens is 1. The Morgan fingerprint density at radius 2 is 2.29 bits per heavy atom. The van der Waals surface area contributed by atoms with E-state index in [0.717, 1.165) is 37.3 Å². The summed E-state index contributed by atoms with van der Waals surface area (Å²) in [5.41, 5.74) is 1.55. The molecule has 1 fully saturated rings. The smallest absolute Gasteiger partial charge is 0.410 e. The first kappa shape index (κ1) is 15.6. The van der Waals surface area contributed by atoms with Gasteiger partial charge in [-0.15, -0.1) is 0 Å². The average molecular weight is 291 g/mol. The lowest BCUT2D eigenvalue weighted by Crippen LogP contribution is -2.42. The molecule has 1 saturated heterocycles. The van der Waals surface area contributed by atoms with E-state index in [1.807, 2.05) is 44.7 Å². The fourth-order valence-electron chi connectivity index (χ4n) is 2.51. The van der Waals surface area contributed by atoms with Crippen LogP contribution in [0.2, 0.25) is 0 Å². The number of hydrogen-bond donors (Lipinski definition) is 1. The van der Waals surface area contributed by atoms with Crippen LogP contribution >= 0.6 is 0 Å². The molecule has 5 heteroatoms. The first-order valence-electron chi connectivity index (χ1n) is 7.52. The summed E-state index contributed by atoms with van der Waals surface area (Å²) in [4.78, 5) is 18.3. The van der Waals surface area contributed by atoms with E-state index in [4.69, 9.17) is 4.74 Å². The van der Waals surface area contributed by atoms with E-state index < -0.39 is 5.60 Å². The van der Waals surface area contributed by atoms with Crippen molar-refractivity contribution in [2.75, 3.05) is 18.4 Å². The van der Waals surface area contributed by atoms with Crippen LogP contribution < -0.4 is 5.32 Å². The first-order valence-corrected chi connectivity index (χ1v) is 7.52.